The van der Waals surface area contributed by atoms with Crippen molar-refractivity contribution in [3.05, 3.63) is 35.4 Å². The first-order valence-corrected chi connectivity index (χ1v) is 24.1. The summed E-state index contributed by atoms with van der Waals surface area (Å²) in [6.45, 7) is 9.74. The molecule has 0 unspecified atom stereocenters. The number of carboxylic acid groups (broad SMARTS) is 2. The van der Waals surface area contributed by atoms with Crippen LogP contribution in [0.1, 0.15) is 267 Å². The molecule has 0 saturated carbocycles. The van der Waals surface area contributed by atoms with E-state index in [9.17, 15) is 19.2 Å². The third-order valence-corrected chi connectivity index (χ3v) is 10.3. The Labute approximate surface area is 356 Å². The van der Waals surface area contributed by atoms with Crippen LogP contribution >= 0.6 is 0 Å². The first-order valence-electron chi connectivity index (χ1n) is 24.1. The molecular weight excluding hydrogens is 729 g/mol. The minimum atomic E-state index is -0.705. The number of carboxylic acids is 2. The molecule has 8 heteroatoms. The van der Waals surface area contributed by atoms with Gasteiger partial charge in [-0.1, -0.05) is 220 Å². The Bertz CT molecular complexity index is 990. The number of carbonyl (C=O) groups is 4. The first kappa shape index (κ1) is 57.2. The second-order valence-corrected chi connectivity index (χ2v) is 16.0. The van der Waals surface area contributed by atoms with Crippen LogP contribution in [0.2, 0.25) is 0 Å². The van der Waals surface area contributed by atoms with Crippen LogP contribution in [0.25, 0.3) is 0 Å². The zero-order valence-electron chi connectivity index (χ0n) is 38.1. The van der Waals surface area contributed by atoms with Crippen molar-refractivity contribution in [3.63, 3.8) is 0 Å². The molecule has 0 spiro atoms. The summed E-state index contributed by atoms with van der Waals surface area (Å²) in [5.74, 6) is -2.30. The number of esters is 2. The average Bonchev–Trinajstić information content (AvgIpc) is 3.21. The molecule has 0 heterocycles. The Morgan fingerprint density at radius 3 is 0.828 bits per heavy atom. The molecule has 0 aliphatic rings. The predicted molar refractivity (Wildman–Crippen MR) is 242 cm³/mol. The van der Waals surface area contributed by atoms with Crippen LogP contribution in [0.4, 0.5) is 0 Å². The van der Waals surface area contributed by atoms with E-state index in [-0.39, 0.29) is 12.8 Å². The van der Waals surface area contributed by atoms with Crippen LogP contribution in [0.5, 0.6) is 0 Å². The Morgan fingerprint density at radius 1 is 0.362 bits per heavy atom. The molecule has 0 saturated heterocycles. The van der Waals surface area contributed by atoms with E-state index in [1.165, 1.54) is 141 Å². The monoisotopic (exact) mass is 819 g/mol. The number of benzene rings is 1. The normalized spacial score (nSPS) is 10.6. The third-order valence-electron chi connectivity index (χ3n) is 10.3. The lowest BCUT2D eigenvalue weighted by Crippen LogP contribution is -2.15. The number of rotatable bonds is 38. The number of hydrogen-bond donors (Lipinski definition) is 2. The second-order valence-electron chi connectivity index (χ2n) is 16.0. The van der Waals surface area contributed by atoms with E-state index in [1.54, 1.807) is 24.3 Å². The summed E-state index contributed by atoms with van der Waals surface area (Å²) in [5, 5.41) is 16.9. The van der Waals surface area contributed by atoms with Crippen LogP contribution in [0, 0.1) is 0 Å². The van der Waals surface area contributed by atoms with Crippen molar-refractivity contribution < 1.29 is 38.9 Å². The lowest BCUT2D eigenvalue weighted by molar-refractivity contribution is -0.138. The zero-order chi connectivity index (χ0) is 43.2. The Morgan fingerprint density at radius 2 is 0.586 bits per heavy atom. The minimum Gasteiger partial charge on any atom is -0.481 e. The van der Waals surface area contributed by atoms with Gasteiger partial charge in [-0.3, -0.25) is 9.59 Å². The number of unbranched alkanes of at least 4 members (excludes halogenated alkanes) is 28. The number of hydrogen-bond acceptors (Lipinski definition) is 6. The van der Waals surface area contributed by atoms with Crippen LogP contribution in [-0.4, -0.2) is 47.3 Å². The van der Waals surface area contributed by atoms with Gasteiger partial charge in [0.1, 0.15) is 0 Å². The van der Waals surface area contributed by atoms with Gasteiger partial charge in [-0.05, 0) is 37.8 Å². The molecule has 0 amide bonds. The molecule has 1 aromatic rings. The topological polar surface area (TPSA) is 127 Å². The highest BCUT2D eigenvalue weighted by atomic mass is 16.5. The molecular formula is C50H90O8. The van der Waals surface area contributed by atoms with Crippen molar-refractivity contribution in [1.29, 1.82) is 0 Å². The summed E-state index contributed by atoms with van der Waals surface area (Å²) in [5.41, 5.74) is 0.586. The maximum atomic E-state index is 12.4. The van der Waals surface area contributed by atoms with Gasteiger partial charge in [0.2, 0.25) is 0 Å². The van der Waals surface area contributed by atoms with Gasteiger partial charge in [0.25, 0.3) is 0 Å². The lowest BCUT2D eigenvalue weighted by Gasteiger charge is -2.10. The van der Waals surface area contributed by atoms with Gasteiger partial charge in [0.15, 0.2) is 0 Å². The molecule has 0 aliphatic heterocycles. The lowest BCUT2D eigenvalue weighted by atomic mass is 10.1. The van der Waals surface area contributed by atoms with Gasteiger partial charge in [-0.25, -0.2) is 9.59 Å². The van der Waals surface area contributed by atoms with Crippen molar-refractivity contribution in [2.45, 2.75) is 246 Å². The molecule has 0 atom stereocenters. The summed E-state index contributed by atoms with van der Waals surface area (Å²) in [6, 6.07) is 6.74. The van der Waals surface area contributed by atoms with Gasteiger partial charge in [-0.15, -0.1) is 0 Å². The Balaban J connectivity index is 0. The third kappa shape index (κ3) is 42.7. The van der Waals surface area contributed by atoms with Crippen LogP contribution in [-0.2, 0) is 19.1 Å². The van der Waals surface area contributed by atoms with Crippen molar-refractivity contribution in [2.75, 3.05) is 13.2 Å². The number of aliphatic carboxylic acids is 2. The fourth-order valence-corrected chi connectivity index (χ4v) is 6.62. The standard InChI is InChI=1S/C24H38O4.C13H24O4.C13H28/c1-3-5-7-9-11-15-19-27-23(25)21-17-13-14-18-22(21)24(26)28-20-16-12-10-8-6-4-2;14-12(15)10-8-6-4-2-1-3-5-7-9-11-13(16)17;1-3-5-7-9-11-13-12-10-8-6-4-2/h13-14,17-18H,3-12,15-16,19-20H2,1-2H3;1-11H2,(H,14,15)(H,16,17);3-13H2,1-2H3. The molecule has 0 bridgehead atoms. The molecule has 0 aliphatic carbocycles. The Hall–Kier alpha value is -2.90. The summed E-state index contributed by atoms with van der Waals surface area (Å²) in [6.07, 6.45) is 39.5. The van der Waals surface area contributed by atoms with E-state index < -0.39 is 23.9 Å². The Kier molecular flexibility index (Phi) is 46.1. The number of carbonyl (C=O) groups excluding carboxylic acids is 2. The molecule has 58 heavy (non-hydrogen) atoms. The van der Waals surface area contributed by atoms with Gasteiger partial charge >= 0.3 is 23.9 Å². The fourth-order valence-electron chi connectivity index (χ4n) is 6.62. The molecule has 0 fully saturated rings. The van der Waals surface area contributed by atoms with Crippen molar-refractivity contribution in [3.8, 4) is 0 Å². The molecule has 0 aromatic heterocycles. The average molecular weight is 819 g/mol. The molecule has 0 radical (unpaired) electrons. The van der Waals surface area contributed by atoms with Crippen molar-refractivity contribution >= 4 is 23.9 Å². The van der Waals surface area contributed by atoms with Gasteiger partial charge in [0.05, 0.1) is 24.3 Å². The number of ether oxygens (including phenoxy) is 2. The maximum absolute atomic E-state index is 12.4. The predicted octanol–water partition coefficient (Wildman–Crippen LogP) is 15.5. The molecule has 1 rings (SSSR count). The summed E-state index contributed by atoms with van der Waals surface area (Å²) in [4.78, 5) is 45.2. The van der Waals surface area contributed by atoms with E-state index in [0.29, 0.717) is 24.3 Å². The highest BCUT2D eigenvalue weighted by molar-refractivity contribution is 6.03. The second kappa shape index (κ2) is 46.8. The van der Waals surface area contributed by atoms with Crippen LogP contribution in [0.15, 0.2) is 24.3 Å². The van der Waals surface area contributed by atoms with E-state index >= 15 is 0 Å². The van der Waals surface area contributed by atoms with E-state index in [0.717, 1.165) is 64.2 Å². The van der Waals surface area contributed by atoms with Crippen LogP contribution in [0.3, 0.4) is 0 Å². The molecule has 8 nitrogen and oxygen atoms in total. The fraction of sp³-hybridized carbons (Fsp3) is 0.800. The highest BCUT2D eigenvalue weighted by Gasteiger charge is 2.18. The summed E-state index contributed by atoms with van der Waals surface area (Å²) >= 11 is 0. The van der Waals surface area contributed by atoms with Gasteiger partial charge in [-0.2, -0.15) is 0 Å². The van der Waals surface area contributed by atoms with E-state index in [4.69, 9.17) is 19.7 Å². The quantitative estimate of drug-likeness (QED) is 0.0499. The largest absolute Gasteiger partial charge is 0.481 e. The molecule has 2 N–H and O–H groups in total. The zero-order valence-corrected chi connectivity index (χ0v) is 38.1. The smallest absolute Gasteiger partial charge is 0.339 e. The van der Waals surface area contributed by atoms with E-state index in [1.807, 2.05) is 0 Å². The van der Waals surface area contributed by atoms with E-state index in [2.05, 4.69) is 27.7 Å². The summed E-state index contributed by atoms with van der Waals surface area (Å²) in [7, 11) is 0. The maximum Gasteiger partial charge on any atom is 0.339 e. The highest BCUT2D eigenvalue weighted by Crippen LogP contribution is 2.15. The van der Waals surface area contributed by atoms with Crippen LogP contribution < -0.4 is 0 Å². The minimum absolute atomic E-state index is 0.287. The summed E-state index contributed by atoms with van der Waals surface area (Å²) < 4.78 is 10.7. The molecule has 338 valence electrons. The first-order chi connectivity index (χ1) is 28.2. The molecule has 1 aromatic carbocycles. The van der Waals surface area contributed by atoms with Crippen molar-refractivity contribution in [2.24, 2.45) is 0 Å². The van der Waals surface area contributed by atoms with Crippen molar-refractivity contribution in [1.82, 2.24) is 0 Å². The van der Waals surface area contributed by atoms with Gasteiger partial charge in [0, 0.05) is 12.8 Å². The van der Waals surface area contributed by atoms with Gasteiger partial charge < -0.3 is 19.7 Å². The SMILES string of the molecule is CCCCCCCCCCCCC.CCCCCCCCOC(=O)c1ccccc1C(=O)OCCCCCCCC.O=C(O)CCCCCCCCCCCC(=O)O.